The molecule has 0 fully saturated rings. The molecular weight excluding hydrogens is 1040 g/mol. The van der Waals surface area contributed by atoms with Crippen molar-refractivity contribution in [2.24, 2.45) is 10.8 Å². The van der Waals surface area contributed by atoms with Gasteiger partial charge in [0.2, 0.25) is 12.7 Å². The molecule has 426 valence electrons. The molecule has 4 nitrogen and oxygen atoms in total. The van der Waals surface area contributed by atoms with Crippen LogP contribution >= 0.6 is 0 Å². The van der Waals surface area contributed by atoms with Crippen molar-refractivity contribution in [3.8, 4) is 11.4 Å². The van der Waals surface area contributed by atoms with E-state index in [-0.39, 0.29) is 0 Å². The fraction of sp³-hybridized carbons (Fsp3) is 0.150. The van der Waals surface area contributed by atoms with Crippen molar-refractivity contribution in [3.05, 3.63) is 328 Å². The van der Waals surface area contributed by atoms with Crippen LogP contribution in [-0.2, 0) is 13.1 Å². The van der Waals surface area contributed by atoms with Gasteiger partial charge in [-0.2, -0.15) is 52.8 Å². The van der Waals surface area contributed by atoms with Crippen LogP contribution in [0.3, 0.4) is 0 Å². The fourth-order valence-corrected chi connectivity index (χ4v) is 13.1. The van der Waals surface area contributed by atoms with Gasteiger partial charge in [-0.3, -0.25) is 0 Å². The standard InChI is InChI=1S/C32H40N4.2C24H20B/c1-31(2,3)18-20-33-23-35(29-16-9-7-14-27(29)33)25-12-11-13-26(22-25)36-24-34(21-19-32(4,5)6)28-15-8-10-17-30(28)36;2*1-5-13-21(14-6-1)25(22-15-7-2-8-16-22,23-17-9-3-10-18-23)24-19-11-4-12-20-24/h7-17,22-24H,18-21H2,1-6H3;2*1-20H/q+2;2*-1. The molecule has 2 heterocycles. The Morgan fingerprint density at radius 2 is 0.488 bits per heavy atom. The molecule has 0 radical (unpaired) electrons. The maximum Gasteiger partial charge on any atom is 0.249 e. The van der Waals surface area contributed by atoms with Crippen LogP contribution in [0.4, 0.5) is 0 Å². The second kappa shape index (κ2) is 26.2. The van der Waals surface area contributed by atoms with E-state index in [4.69, 9.17) is 0 Å². The maximum atomic E-state index is 2.40. The highest BCUT2D eigenvalue weighted by Gasteiger charge is 2.33. The first-order valence-corrected chi connectivity index (χ1v) is 30.8. The number of nitrogens with zero attached hydrogens (tertiary/aromatic N) is 4. The summed E-state index contributed by atoms with van der Waals surface area (Å²) in [5.74, 6) is 0. The molecule has 0 saturated carbocycles. The highest BCUT2D eigenvalue weighted by Crippen LogP contribution is 2.25. The summed E-state index contributed by atoms with van der Waals surface area (Å²) in [6.07, 6.45) is 4.38. The molecule has 0 amide bonds. The van der Waals surface area contributed by atoms with E-state index < -0.39 is 12.3 Å². The Kier molecular flexibility index (Phi) is 17.7. The van der Waals surface area contributed by atoms with E-state index in [1.807, 2.05) is 0 Å². The van der Waals surface area contributed by atoms with Gasteiger partial charge in [-0.1, -0.05) is 315 Å². The fourth-order valence-electron chi connectivity index (χ4n) is 13.1. The first-order chi connectivity index (χ1) is 41.9. The predicted molar refractivity (Wildman–Crippen MR) is 369 cm³/mol. The van der Waals surface area contributed by atoms with Crippen LogP contribution in [0, 0.1) is 10.8 Å². The third-order valence-electron chi connectivity index (χ3n) is 17.4. The maximum absolute atomic E-state index is 2.40. The second-order valence-electron chi connectivity index (χ2n) is 25.5. The van der Waals surface area contributed by atoms with Gasteiger partial charge in [-0.05, 0) is 60.1 Å². The number of hydrogen-bond acceptors (Lipinski definition) is 0. The lowest BCUT2D eigenvalue weighted by Gasteiger charge is -2.44. The average Bonchev–Trinajstić information content (AvgIpc) is 1.14. The molecule has 6 heteroatoms. The predicted octanol–water partition coefficient (Wildman–Crippen LogP) is 13.1. The lowest BCUT2D eigenvalue weighted by atomic mass is 9.13. The lowest BCUT2D eigenvalue weighted by molar-refractivity contribution is -0.673. The number of aryl methyl sites for hydroxylation is 2. The molecule has 13 aromatic rings. The number of para-hydroxylation sites is 4. The zero-order chi connectivity index (χ0) is 59.4. The van der Waals surface area contributed by atoms with Crippen LogP contribution in [0.5, 0.6) is 0 Å². The molecule has 0 aliphatic carbocycles. The number of imidazole rings is 2. The van der Waals surface area contributed by atoms with E-state index in [1.54, 1.807) is 0 Å². The van der Waals surface area contributed by atoms with Crippen molar-refractivity contribution in [2.75, 3.05) is 0 Å². The summed E-state index contributed by atoms with van der Waals surface area (Å²) >= 11 is 0. The Morgan fingerprint density at radius 1 is 0.267 bits per heavy atom. The minimum Gasteiger partial charge on any atom is -0.229 e. The van der Waals surface area contributed by atoms with Crippen molar-refractivity contribution < 1.29 is 9.13 Å². The molecule has 0 spiro atoms. The van der Waals surface area contributed by atoms with E-state index in [2.05, 4.69) is 388 Å². The molecular formula is C80H80B2N4. The molecule has 0 N–H and O–H groups in total. The zero-order valence-corrected chi connectivity index (χ0v) is 50.9. The van der Waals surface area contributed by atoms with Crippen LogP contribution in [-0.4, -0.2) is 21.4 Å². The van der Waals surface area contributed by atoms with Crippen molar-refractivity contribution in [3.63, 3.8) is 0 Å². The van der Waals surface area contributed by atoms with Crippen LogP contribution in [0.1, 0.15) is 54.4 Å². The SMILES string of the molecule is CC(C)(C)CC[n+]1cn(-c2cccc(-n3c[n+](CCC(C)(C)C)c4ccccc43)c2)c2ccccc21.c1ccc([B-](c2ccccc2)(c2ccccc2)c2ccccc2)cc1.c1ccc([B-](c2ccccc2)(c2ccccc2)c2ccccc2)cc1. The van der Waals surface area contributed by atoms with Gasteiger partial charge in [0.15, 0.2) is 22.1 Å². The van der Waals surface area contributed by atoms with E-state index >= 15 is 0 Å². The second-order valence-corrected chi connectivity index (χ2v) is 25.5. The van der Waals surface area contributed by atoms with Crippen LogP contribution in [0.15, 0.2) is 328 Å². The van der Waals surface area contributed by atoms with Gasteiger partial charge in [0.25, 0.3) is 0 Å². The Labute approximate surface area is 511 Å². The molecule has 0 saturated heterocycles. The monoisotopic (exact) mass is 1120 g/mol. The third-order valence-corrected chi connectivity index (χ3v) is 17.4. The smallest absolute Gasteiger partial charge is 0.229 e. The molecule has 0 aliphatic heterocycles. The van der Waals surface area contributed by atoms with E-state index in [9.17, 15) is 0 Å². The summed E-state index contributed by atoms with van der Waals surface area (Å²) in [5, 5.41) is 0. The minimum absolute atomic E-state index is 0.300. The van der Waals surface area contributed by atoms with Gasteiger partial charge in [-0.15, -0.1) is 0 Å². The van der Waals surface area contributed by atoms with Crippen molar-refractivity contribution in [1.82, 2.24) is 9.13 Å². The van der Waals surface area contributed by atoms with E-state index in [0.29, 0.717) is 10.8 Å². The first kappa shape index (κ1) is 58.3. The van der Waals surface area contributed by atoms with E-state index in [0.717, 1.165) is 25.9 Å². The number of benzene rings is 11. The molecule has 13 rings (SSSR count). The zero-order valence-electron chi connectivity index (χ0n) is 50.9. The Bertz CT molecular complexity index is 3610. The van der Waals surface area contributed by atoms with Crippen molar-refractivity contribution >= 4 is 78.1 Å². The van der Waals surface area contributed by atoms with Crippen LogP contribution < -0.4 is 52.8 Å². The molecule has 2 aromatic heterocycles. The molecule has 86 heavy (non-hydrogen) atoms. The van der Waals surface area contributed by atoms with Gasteiger partial charge in [0.1, 0.15) is 23.7 Å². The summed E-state index contributed by atoms with van der Waals surface area (Å²) in [4.78, 5) is 0. The summed E-state index contributed by atoms with van der Waals surface area (Å²) < 4.78 is 9.47. The molecule has 0 aliphatic rings. The average molecular weight is 1120 g/mol. The first-order valence-electron chi connectivity index (χ1n) is 30.8. The molecule has 0 atom stereocenters. The molecule has 0 bridgehead atoms. The molecule has 0 unspecified atom stereocenters. The van der Waals surface area contributed by atoms with Crippen LogP contribution in [0.2, 0.25) is 0 Å². The Morgan fingerprint density at radius 3 is 0.721 bits per heavy atom. The summed E-state index contributed by atoms with van der Waals surface area (Å²) in [6.45, 7) is 15.9. The quantitative estimate of drug-likeness (QED) is 0.0763. The normalized spacial score (nSPS) is 11.8. The van der Waals surface area contributed by atoms with Gasteiger partial charge in [0.05, 0.1) is 13.1 Å². The van der Waals surface area contributed by atoms with E-state index in [1.165, 1.54) is 77.1 Å². The Balaban J connectivity index is 0.000000137. The highest BCUT2D eigenvalue weighted by molar-refractivity contribution is 7.20. The summed E-state index contributed by atoms with van der Waals surface area (Å²) in [7, 11) is 0. The summed E-state index contributed by atoms with van der Waals surface area (Å²) in [6, 6.07) is 113. The number of hydrogen-bond donors (Lipinski definition) is 0. The van der Waals surface area contributed by atoms with Gasteiger partial charge < -0.3 is 0 Å². The van der Waals surface area contributed by atoms with Gasteiger partial charge in [-0.25, -0.2) is 9.13 Å². The number of fused-ring (bicyclic) bond motifs is 2. The minimum atomic E-state index is -1.22. The third kappa shape index (κ3) is 12.6. The highest BCUT2D eigenvalue weighted by atomic mass is 15.2. The number of aromatic nitrogens is 4. The summed E-state index contributed by atoms with van der Waals surface area (Å²) in [5.41, 5.74) is 18.7. The Hall–Kier alpha value is -9.51. The van der Waals surface area contributed by atoms with Crippen molar-refractivity contribution in [1.29, 1.82) is 0 Å². The topological polar surface area (TPSA) is 17.6 Å². The molecule has 11 aromatic carbocycles. The largest absolute Gasteiger partial charge is 0.249 e. The van der Waals surface area contributed by atoms with Crippen molar-refractivity contribution in [2.45, 2.75) is 67.5 Å². The number of rotatable bonds is 14. The van der Waals surface area contributed by atoms with Gasteiger partial charge >= 0.3 is 0 Å². The van der Waals surface area contributed by atoms with Crippen LogP contribution in [0.25, 0.3) is 33.4 Å². The lowest BCUT2D eigenvalue weighted by Crippen LogP contribution is -2.74. The van der Waals surface area contributed by atoms with Gasteiger partial charge in [0, 0.05) is 6.07 Å².